The Balaban J connectivity index is 1.40. The van der Waals surface area contributed by atoms with Crippen LogP contribution >= 0.6 is 11.3 Å². The first-order valence-corrected chi connectivity index (χ1v) is 9.43. The number of thiazole rings is 1. The molecule has 0 atom stereocenters. The molecule has 0 amide bonds. The summed E-state index contributed by atoms with van der Waals surface area (Å²) in [5, 5.41) is 4.89. The molecule has 3 nitrogen and oxygen atoms in total. The Bertz CT molecular complexity index is 781. The number of para-hydroxylation sites is 1. The highest BCUT2D eigenvalue weighted by Crippen LogP contribution is 2.33. The average Bonchev–Trinajstić information content (AvgIpc) is 3.22. The van der Waals surface area contributed by atoms with E-state index in [1.54, 1.807) is 11.3 Å². The molecule has 4 heteroatoms. The zero-order valence-corrected chi connectivity index (χ0v) is 14.4. The molecular formula is C19H23N3S. The summed E-state index contributed by atoms with van der Waals surface area (Å²) in [7, 11) is 0. The number of rotatable bonds is 4. The molecule has 2 aromatic heterocycles. The molecule has 0 unspecified atom stereocenters. The molecule has 1 aromatic carbocycles. The van der Waals surface area contributed by atoms with E-state index in [1.807, 2.05) is 0 Å². The smallest absolute Gasteiger partial charge is 0.0926 e. The van der Waals surface area contributed by atoms with Crippen molar-refractivity contribution in [2.45, 2.75) is 38.6 Å². The van der Waals surface area contributed by atoms with E-state index in [2.05, 4.69) is 52.7 Å². The van der Waals surface area contributed by atoms with Gasteiger partial charge in [-0.3, -0.25) is 4.90 Å². The molecular weight excluding hydrogens is 302 g/mol. The minimum Gasteiger partial charge on any atom is -0.361 e. The van der Waals surface area contributed by atoms with Crippen LogP contribution in [0.2, 0.25) is 0 Å². The normalized spacial score (nSPS) is 17.1. The number of fused-ring (bicyclic) bond motifs is 1. The lowest BCUT2D eigenvalue weighted by Crippen LogP contribution is -2.32. The molecule has 1 saturated heterocycles. The third-order valence-corrected chi connectivity index (χ3v) is 5.98. The summed E-state index contributed by atoms with van der Waals surface area (Å²) in [6.07, 6.45) is 5.76. The molecule has 1 aliphatic heterocycles. The van der Waals surface area contributed by atoms with Gasteiger partial charge in [-0.15, -0.1) is 11.3 Å². The van der Waals surface area contributed by atoms with Crippen molar-refractivity contribution in [2.24, 2.45) is 0 Å². The second-order valence-electron chi connectivity index (χ2n) is 6.43. The Morgan fingerprint density at radius 1 is 1.26 bits per heavy atom. The van der Waals surface area contributed by atoms with E-state index in [0.717, 1.165) is 13.0 Å². The molecule has 4 rings (SSSR count). The van der Waals surface area contributed by atoms with Gasteiger partial charge >= 0.3 is 0 Å². The number of nitrogens with zero attached hydrogens (tertiary/aromatic N) is 2. The van der Waals surface area contributed by atoms with Crippen molar-refractivity contribution in [1.29, 1.82) is 0 Å². The lowest BCUT2D eigenvalue weighted by molar-refractivity contribution is 0.203. The standard InChI is InChI=1S/C19H23N3S/c1-2-19-21-15(13-23-19)12-22-9-7-14(8-10-22)17-11-20-18-6-4-3-5-16(17)18/h3-6,11,13-14,20H,2,7-10,12H2,1H3. The highest BCUT2D eigenvalue weighted by molar-refractivity contribution is 7.09. The van der Waals surface area contributed by atoms with Gasteiger partial charge in [0.1, 0.15) is 0 Å². The van der Waals surface area contributed by atoms with Gasteiger partial charge in [0, 0.05) is 29.0 Å². The van der Waals surface area contributed by atoms with Gasteiger partial charge in [-0.2, -0.15) is 0 Å². The van der Waals surface area contributed by atoms with Crippen LogP contribution < -0.4 is 0 Å². The van der Waals surface area contributed by atoms with Crippen LogP contribution in [-0.4, -0.2) is 28.0 Å². The third-order valence-electron chi connectivity index (χ3n) is 4.94. The summed E-state index contributed by atoms with van der Waals surface area (Å²) in [4.78, 5) is 10.7. The minimum absolute atomic E-state index is 0.684. The Morgan fingerprint density at radius 2 is 2.09 bits per heavy atom. The maximum absolute atomic E-state index is 4.70. The topological polar surface area (TPSA) is 31.9 Å². The molecule has 0 aliphatic carbocycles. The number of likely N-dealkylation sites (tertiary alicyclic amines) is 1. The fourth-order valence-electron chi connectivity index (χ4n) is 3.65. The Kier molecular flexibility index (Phi) is 4.19. The Labute approximate surface area is 141 Å². The molecule has 0 spiro atoms. The largest absolute Gasteiger partial charge is 0.361 e. The van der Waals surface area contributed by atoms with Crippen LogP contribution in [0.15, 0.2) is 35.8 Å². The van der Waals surface area contributed by atoms with Gasteiger partial charge in [0.05, 0.1) is 10.7 Å². The van der Waals surface area contributed by atoms with Crippen LogP contribution in [-0.2, 0) is 13.0 Å². The summed E-state index contributed by atoms with van der Waals surface area (Å²) in [5.41, 5.74) is 4.01. The lowest BCUT2D eigenvalue weighted by atomic mass is 9.89. The van der Waals surface area contributed by atoms with Crippen molar-refractivity contribution in [2.75, 3.05) is 13.1 Å². The van der Waals surface area contributed by atoms with E-state index < -0.39 is 0 Å². The second-order valence-corrected chi connectivity index (χ2v) is 7.37. The first-order chi connectivity index (χ1) is 11.3. The molecule has 1 fully saturated rings. The van der Waals surface area contributed by atoms with Crippen molar-refractivity contribution >= 4 is 22.2 Å². The minimum atomic E-state index is 0.684. The van der Waals surface area contributed by atoms with Crippen LogP contribution in [0.5, 0.6) is 0 Å². The predicted molar refractivity (Wildman–Crippen MR) is 97.0 cm³/mol. The highest BCUT2D eigenvalue weighted by Gasteiger charge is 2.23. The monoisotopic (exact) mass is 325 g/mol. The number of aryl methyl sites for hydroxylation is 1. The molecule has 120 valence electrons. The zero-order chi connectivity index (χ0) is 15.6. The van der Waals surface area contributed by atoms with Crippen LogP contribution in [0.3, 0.4) is 0 Å². The van der Waals surface area contributed by atoms with E-state index in [9.17, 15) is 0 Å². The van der Waals surface area contributed by atoms with Crippen molar-refractivity contribution in [3.05, 3.63) is 52.1 Å². The third kappa shape index (κ3) is 3.06. The number of nitrogens with one attached hydrogen (secondary N) is 1. The van der Waals surface area contributed by atoms with Gasteiger partial charge in [0.15, 0.2) is 0 Å². The van der Waals surface area contributed by atoms with Gasteiger partial charge in [-0.25, -0.2) is 4.98 Å². The summed E-state index contributed by atoms with van der Waals surface area (Å²) < 4.78 is 0. The molecule has 0 bridgehead atoms. The van der Waals surface area contributed by atoms with E-state index in [4.69, 9.17) is 4.98 Å². The summed E-state index contributed by atoms with van der Waals surface area (Å²) in [6.45, 7) is 5.53. The highest BCUT2D eigenvalue weighted by atomic mass is 32.1. The number of aromatic amines is 1. The van der Waals surface area contributed by atoms with Gasteiger partial charge in [-0.1, -0.05) is 25.1 Å². The number of hydrogen-bond donors (Lipinski definition) is 1. The van der Waals surface area contributed by atoms with Gasteiger partial charge in [0.25, 0.3) is 0 Å². The first kappa shape index (κ1) is 14.9. The van der Waals surface area contributed by atoms with Crippen LogP contribution in [0.4, 0.5) is 0 Å². The van der Waals surface area contributed by atoms with Gasteiger partial charge in [-0.05, 0) is 49.9 Å². The molecule has 0 saturated carbocycles. The Hall–Kier alpha value is -1.65. The number of H-pyrrole nitrogens is 1. The zero-order valence-electron chi connectivity index (χ0n) is 13.6. The lowest BCUT2D eigenvalue weighted by Gasteiger charge is -2.31. The summed E-state index contributed by atoms with van der Waals surface area (Å²) >= 11 is 1.80. The molecule has 23 heavy (non-hydrogen) atoms. The molecule has 1 aliphatic rings. The van der Waals surface area contributed by atoms with Crippen molar-refractivity contribution < 1.29 is 0 Å². The molecule has 0 radical (unpaired) electrons. The summed E-state index contributed by atoms with van der Waals surface area (Å²) in [5.74, 6) is 0.684. The molecule has 3 aromatic rings. The fraction of sp³-hybridized carbons (Fsp3) is 0.421. The Morgan fingerprint density at radius 3 is 2.87 bits per heavy atom. The number of aromatic nitrogens is 2. The van der Waals surface area contributed by atoms with Crippen molar-refractivity contribution in [3.8, 4) is 0 Å². The van der Waals surface area contributed by atoms with Crippen LogP contribution in [0.25, 0.3) is 10.9 Å². The molecule has 3 heterocycles. The van der Waals surface area contributed by atoms with Crippen molar-refractivity contribution in [1.82, 2.24) is 14.9 Å². The van der Waals surface area contributed by atoms with E-state index in [-0.39, 0.29) is 0 Å². The summed E-state index contributed by atoms with van der Waals surface area (Å²) in [6, 6.07) is 8.66. The van der Waals surface area contributed by atoms with Crippen LogP contribution in [0, 0.1) is 0 Å². The predicted octanol–water partition coefficient (Wildman–Crippen LogP) is 4.57. The number of benzene rings is 1. The number of piperidine rings is 1. The maximum atomic E-state index is 4.70. The number of hydrogen-bond acceptors (Lipinski definition) is 3. The van der Waals surface area contributed by atoms with Crippen molar-refractivity contribution in [3.63, 3.8) is 0 Å². The van der Waals surface area contributed by atoms with Gasteiger partial charge in [0.2, 0.25) is 0 Å². The van der Waals surface area contributed by atoms with E-state index in [0.29, 0.717) is 5.92 Å². The molecule has 1 N–H and O–H groups in total. The van der Waals surface area contributed by atoms with E-state index >= 15 is 0 Å². The maximum Gasteiger partial charge on any atom is 0.0926 e. The SMILES string of the molecule is CCc1nc(CN2CCC(c3c[nH]c4ccccc34)CC2)cs1. The second kappa shape index (κ2) is 6.46. The van der Waals surface area contributed by atoms with Crippen LogP contribution in [0.1, 0.15) is 41.9 Å². The van der Waals surface area contributed by atoms with Gasteiger partial charge < -0.3 is 4.98 Å². The fourth-order valence-corrected chi connectivity index (χ4v) is 4.38. The van der Waals surface area contributed by atoms with E-state index in [1.165, 1.54) is 53.1 Å². The quantitative estimate of drug-likeness (QED) is 0.762. The first-order valence-electron chi connectivity index (χ1n) is 8.55. The average molecular weight is 325 g/mol.